The highest BCUT2D eigenvalue weighted by Crippen LogP contribution is 2.14. The molecule has 0 radical (unpaired) electrons. The van der Waals surface area contributed by atoms with Crippen LogP contribution in [0.2, 0.25) is 0 Å². The van der Waals surface area contributed by atoms with Gasteiger partial charge in [0.1, 0.15) is 0 Å². The highest BCUT2D eigenvalue weighted by Gasteiger charge is 2.30. The second kappa shape index (κ2) is 9.59. The van der Waals surface area contributed by atoms with Crippen LogP contribution in [0, 0.1) is 0 Å². The molecular weight excluding hydrogens is 300 g/mol. The van der Waals surface area contributed by atoms with E-state index in [0.717, 1.165) is 0 Å². The smallest absolute Gasteiger partial charge is 0.276 e. The molecule has 20 heavy (non-hydrogen) atoms. The van der Waals surface area contributed by atoms with Gasteiger partial charge >= 0.3 is 0 Å². The molecule has 1 amide bonds. The molecule has 0 spiro atoms. The molecule has 0 heterocycles. The van der Waals surface area contributed by atoms with Crippen LogP contribution < -0.4 is 10.6 Å². The van der Waals surface area contributed by atoms with Crippen molar-refractivity contribution in [3.63, 3.8) is 0 Å². The summed E-state index contributed by atoms with van der Waals surface area (Å²) in [6.07, 6.45) is 0.116. The first kappa shape index (κ1) is 19.7. The van der Waals surface area contributed by atoms with Crippen LogP contribution in [0.25, 0.3) is 0 Å². The van der Waals surface area contributed by atoms with Gasteiger partial charge in [0.05, 0.1) is 0 Å². The van der Waals surface area contributed by atoms with Crippen molar-refractivity contribution in [2.75, 3.05) is 18.8 Å². The Hall–Kier alpha value is -0.310. The molecule has 1 unspecified atom stereocenters. The number of hydrogen-bond acceptors (Lipinski definition) is 5. The van der Waals surface area contributed by atoms with Crippen LogP contribution in [-0.4, -0.2) is 54.3 Å². The predicted octanol–water partition coefficient (Wildman–Crippen LogP) is 0.889. The van der Waals surface area contributed by atoms with E-state index in [-0.39, 0.29) is 6.42 Å². The molecule has 0 aliphatic rings. The molecule has 0 saturated heterocycles. The summed E-state index contributed by atoms with van der Waals surface area (Å²) in [5, 5.41) is 4.61. The number of hydrogen-bond donors (Lipinski definition) is 3. The number of carbonyl (C=O) groups is 1. The summed E-state index contributed by atoms with van der Waals surface area (Å²) < 4.78 is 31.7. The number of amides is 1. The van der Waals surface area contributed by atoms with E-state index in [1.165, 1.54) is 0 Å². The van der Waals surface area contributed by atoms with Gasteiger partial charge in [0.15, 0.2) is 5.25 Å². The molecule has 0 aromatic rings. The van der Waals surface area contributed by atoms with Crippen molar-refractivity contribution in [2.24, 2.45) is 0 Å². The van der Waals surface area contributed by atoms with E-state index in [9.17, 15) is 13.2 Å². The van der Waals surface area contributed by atoms with Crippen LogP contribution >= 0.6 is 11.8 Å². The highest BCUT2D eigenvalue weighted by molar-refractivity contribution is 7.99. The highest BCUT2D eigenvalue weighted by atomic mass is 32.2. The topological polar surface area (TPSA) is 95.5 Å². The van der Waals surface area contributed by atoms with E-state index in [4.69, 9.17) is 4.55 Å². The van der Waals surface area contributed by atoms with Crippen molar-refractivity contribution < 1.29 is 17.8 Å². The molecule has 0 saturated carbocycles. The van der Waals surface area contributed by atoms with E-state index in [0.29, 0.717) is 30.1 Å². The Morgan fingerprint density at radius 3 is 2.25 bits per heavy atom. The zero-order valence-corrected chi connectivity index (χ0v) is 14.2. The van der Waals surface area contributed by atoms with Crippen LogP contribution in [0.1, 0.15) is 34.1 Å². The SMILES string of the molecule is CC(C)NCCNC(=O)C(CCSC(C)C)S(=O)(=O)O. The second-order valence-corrected chi connectivity index (χ2v) is 8.40. The third-order valence-electron chi connectivity index (χ3n) is 2.46. The molecule has 0 aromatic heterocycles. The lowest BCUT2D eigenvalue weighted by atomic mass is 10.3. The van der Waals surface area contributed by atoms with Gasteiger partial charge in [-0.2, -0.15) is 20.2 Å². The Balaban J connectivity index is 4.30. The van der Waals surface area contributed by atoms with Gasteiger partial charge in [-0.3, -0.25) is 9.35 Å². The minimum absolute atomic E-state index is 0.116. The second-order valence-electron chi connectivity index (χ2n) is 5.11. The zero-order valence-electron chi connectivity index (χ0n) is 12.5. The quantitative estimate of drug-likeness (QED) is 0.408. The normalized spacial score (nSPS) is 13.8. The molecule has 6 nitrogen and oxygen atoms in total. The molecular formula is C12H26N2O4S2. The summed E-state index contributed by atoms with van der Waals surface area (Å²) in [6, 6.07) is 0.298. The van der Waals surface area contributed by atoms with Gasteiger partial charge < -0.3 is 10.6 Å². The van der Waals surface area contributed by atoms with Crippen molar-refractivity contribution >= 4 is 27.8 Å². The molecule has 120 valence electrons. The zero-order chi connectivity index (χ0) is 15.8. The molecule has 0 aromatic carbocycles. The van der Waals surface area contributed by atoms with Gasteiger partial charge in [0.25, 0.3) is 10.1 Å². The molecule has 0 aliphatic carbocycles. The van der Waals surface area contributed by atoms with Crippen LogP contribution in [-0.2, 0) is 14.9 Å². The van der Waals surface area contributed by atoms with Gasteiger partial charge in [-0.15, -0.1) is 0 Å². The van der Waals surface area contributed by atoms with Crippen LogP contribution in [0.4, 0.5) is 0 Å². The van der Waals surface area contributed by atoms with Gasteiger partial charge in [0.2, 0.25) is 5.91 Å². The van der Waals surface area contributed by atoms with Crippen molar-refractivity contribution in [3.8, 4) is 0 Å². The maximum absolute atomic E-state index is 11.8. The summed E-state index contributed by atoms with van der Waals surface area (Å²) in [6.45, 7) is 8.83. The summed E-state index contributed by atoms with van der Waals surface area (Å²) >= 11 is 1.56. The Morgan fingerprint density at radius 2 is 1.80 bits per heavy atom. The van der Waals surface area contributed by atoms with Gasteiger partial charge in [-0.25, -0.2) is 0 Å². The lowest BCUT2D eigenvalue weighted by Gasteiger charge is -2.15. The average molecular weight is 326 g/mol. The van der Waals surface area contributed by atoms with E-state index in [1.807, 2.05) is 27.7 Å². The summed E-state index contributed by atoms with van der Waals surface area (Å²) in [4.78, 5) is 11.8. The molecule has 0 bridgehead atoms. The monoisotopic (exact) mass is 326 g/mol. The fraction of sp³-hybridized carbons (Fsp3) is 0.917. The first-order valence-electron chi connectivity index (χ1n) is 6.73. The minimum atomic E-state index is -4.36. The lowest BCUT2D eigenvalue weighted by molar-refractivity contribution is -0.120. The van der Waals surface area contributed by atoms with Gasteiger partial charge in [0, 0.05) is 19.1 Å². The molecule has 0 rings (SSSR count). The van der Waals surface area contributed by atoms with Crippen molar-refractivity contribution in [1.82, 2.24) is 10.6 Å². The molecule has 8 heteroatoms. The van der Waals surface area contributed by atoms with Gasteiger partial charge in [-0.1, -0.05) is 27.7 Å². The number of carbonyl (C=O) groups excluding carboxylic acids is 1. The van der Waals surface area contributed by atoms with E-state index < -0.39 is 21.3 Å². The summed E-state index contributed by atoms with van der Waals surface area (Å²) in [5.41, 5.74) is 0. The average Bonchev–Trinajstić information content (AvgIpc) is 2.27. The van der Waals surface area contributed by atoms with Crippen LogP contribution in [0.15, 0.2) is 0 Å². The third kappa shape index (κ3) is 9.57. The van der Waals surface area contributed by atoms with Crippen LogP contribution in [0.5, 0.6) is 0 Å². The van der Waals surface area contributed by atoms with Crippen LogP contribution in [0.3, 0.4) is 0 Å². The van der Waals surface area contributed by atoms with E-state index in [2.05, 4.69) is 10.6 Å². The fourth-order valence-corrected chi connectivity index (χ4v) is 3.25. The Kier molecular flexibility index (Phi) is 9.45. The standard InChI is InChI=1S/C12H26N2O4S2/c1-9(2)13-6-7-14-12(15)11(20(16,17)18)5-8-19-10(3)4/h9-11,13H,5-8H2,1-4H3,(H,14,15)(H,16,17,18). The van der Waals surface area contributed by atoms with Crippen molar-refractivity contribution in [3.05, 3.63) is 0 Å². The maximum Gasteiger partial charge on any atom is 0.276 e. The summed E-state index contributed by atoms with van der Waals surface area (Å²) in [7, 11) is -4.36. The fourth-order valence-electron chi connectivity index (χ4n) is 1.49. The lowest BCUT2D eigenvalue weighted by Crippen LogP contribution is -2.43. The first-order chi connectivity index (χ1) is 9.14. The van der Waals surface area contributed by atoms with E-state index in [1.54, 1.807) is 11.8 Å². The number of thioether (sulfide) groups is 1. The van der Waals surface area contributed by atoms with E-state index >= 15 is 0 Å². The molecule has 0 fully saturated rings. The first-order valence-corrected chi connectivity index (χ1v) is 9.28. The number of rotatable bonds is 10. The molecule has 3 N–H and O–H groups in total. The summed E-state index contributed by atoms with van der Waals surface area (Å²) in [5.74, 6) is -0.123. The van der Waals surface area contributed by atoms with Crippen molar-refractivity contribution in [1.29, 1.82) is 0 Å². The Morgan fingerprint density at radius 1 is 1.20 bits per heavy atom. The van der Waals surface area contributed by atoms with Gasteiger partial charge in [-0.05, 0) is 17.4 Å². The maximum atomic E-state index is 11.8. The number of nitrogens with one attached hydrogen (secondary N) is 2. The third-order valence-corrected chi connectivity index (χ3v) is 4.77. The predicted molar refractivity (Wildman–Crippen MR) is 83.7 cm³/mol. The molecule has 1 atom stereocenters. The Labute approximate surface area is 126 Å². The minimum Gasteiger partial charge on any atom is -0.354 e. The molecule has 0 aliphatic heterocycles. The van der Waals surface area contributed by atoms with Crippen molar-refractivity contribution in [2.45, 2.75) is 50.7 Å². The Bertz CT molecular complexity index is 383. The largest absolute Gasteiger partial charge is 0.354 e.